The Morgan fingerprint density at radius 3 is 2.75 bits per heavy atom. The summed E-state index contributed by atoms with van der Waals surface area (Å²) in [6.07, 6.45) is 5.84. The highest BCUT2D eigenvalue weighted by Gasteiger charge is 2.28. The van der Waals surface area contributed by atoms with Crippen molar-refractivity contribution in [3.05, 3.63) is 47.5 Å². The van der Waals surface area contributed by atoms with Gasteiger partial charge in [0.25, 0.3) is 0 Å². The van der Waals surface area contributed by atoms with E-state index in [9.17, 15) is 14.7 Å². The Bertz CT molecular complexity index is 757. The van der Waals surface area contributed by atoms with E-state index in [1.807, 2.05) is 30.0 Å². The van der Waals surface area contributed by atoms with Gasteiger partial charge in [-0.3, -0.25) is 4.79 Å². The molecule has 0 bridgehead atoms. The van der Waals surface area contributed by atoms with Gasteiger partial charge in [0.2, 0.25) is 5.91 Å². The number of rotatable bonds is 8. The van der Waals surface area contributed by atoms with E-state index in [1.54, 1.807) is 25.1 Å². The van der Waals surface area contributed by atoms with Crippen molar-refractivity contribution in [1.29, 1.82) is 0 Å². The molecule has 0 saturated carbocycles. The molecule has 2 unspecified atom stereocenters. The fraction of sp³-hybridized carbons (Fsp3) is 0.478. The van der Waals surface area contributed by atoms with Crippen LogP contribution in [0.25, 0.3) is 0 Å². The number of hydrogen-bond donors (Lipinski definition) is 1. The van der Waals surface area contributed by atoms with Crippen molar-refractivity contribution in [2.75, 3.05) is 13.7 Å². The van der Waals surface area contributed by atoms with E-state index in [4.69, 9.17) is 4.74 Å². The van der Waals surface area contributed by atoms with Gasteiger partial charge in [0.1, 0.15) is 0 Å². The van der Waals surface area contributed by atoms with Crippen LogP contribution in [0.1, 0.15) is 49.0 Å². The molecule has 1 aliphatic heterocycles. The second-order valence-electron chi connectivity index (χ2n) is 7.12. The molecule has 1 aromatic rings. The molecule has 1 saturated heterocycles. The van der Waals surface area contributed by atoms with Crippen molar-refractivity contribution < 1.29 is 19.4 Å². The Hall–Kier alpha value is -2.58. The highest BCUT2D eigenvalue weighted by atomic mass is 16.5. The zero-order chi connectivity index (χ0) is 20.5. The molecule has 5 nitrogen and oxygen atoms in total. The fourth-order valence-corrected chi connectivity index (χ4v) is 3.24. The maximum Gasteiger partial charge on any atom is 0.337 e. The van der Waals surface area contributed by atoms with E-state index in [0.717, 1.165) is 12.0 Å². The molecule has 0 radical (unpaired) electrons. The average Bonchev–Trinajstić information content (AvgIpc) is 3.07. The van der Waals surface area contributed by atoms with Gasteiger partial charge < -0.3 is 14.7 Å². The maximum absolute atomic E-state index is 12.3. The molecule has 2 rings (SSSR count). The van der Waals surface area contributed by atoms with Gasteiger partial charge >= 0.3 is 5.97 Å². The SMILES string of the molecule is CC#CCC(C)[C@H](O)/C=C/C1CCC(=O)N1CCc1ccc(C(=O)OC)cc1. The molecule has 1 heterocycles. The summed E-state index contributed by atoms with van der Waals surface area (Å²) in [6, 6.07) is 7.26. The number of aliphatic hydroxyl groups excluding tert-OH is 1. The fourth-order valence-electron chi connectivity index (χ4n) is 3.24. The Balaban J connectivity index is 1.93. The van der Waals surface area contributed by atoms with Crippen LogP contribution in [-0.4, -0.2) is 47.7 Å². The van der Waals surface area contributed by atoms with Crippen LogP contribution in [0.4, 0.5) is 0 Å². The Kier molecular flexibility index (Phi) is 8.28. The van der Waals surface area contributed by atoms with E-state index in [-0.39, 0.29) is 23.8 Å². The lowest BCUT2D eigenvalue weighted by molar-refractivity contribution is -0.128. The smallest absolute Gasteiger partial charge is 0.337 e. The molecule has 5 heteroatoms. The molecule has 1 N–H and O–H groups in total. The van der Waals surface area contributed by atoms with Crippen molar-refractivity contribution in [2.45, 2.75) is 51.7 Å². The van der Waals surface area contributed by atoms with E-state index in [1.165, 1.54) is 7.11 Å². The van der Waals surface area contributed by atoms with Crippen LogP contribution < -0.4 is 0 Å². The molecule has 0 aliphatic carbocycles. The van der Waals surface area contributed by atoms with Gasteiger partial charge in [-0.2, -0.15) is 0 Å². The van der Waals surface area contributed by atoms with Crippen LogP contribution >= 0.6 is 0 Å². The van der Waals surface area contributed by atoms with Gasteiger partial charge in [0, 0.05) is 19.4 Å². The molecule has 1 fully saturated rings. The molecule has 0 aromatic heterocycles. The quantitative estimate of drug-likeness (QED) is 0.426. The number of benzene rings is 1. The van der Waals surface area contributed by atoms with Gasteiger partial charge in [-0.15, -0.1) is 11.8 Å². The standard InChI is InChI=1S/C23H29NO4/c1-4-5-6-17(2)21(25)13-11-20-12-14-22(26)24(20)16-15-18-7-9-19(10-8-18)23(27)28-3/h7-11,13,17,20-21,25H,6,12,14-16H2,1-3H3/b13-11+/t17?,20?,21-/m1/s1. The minimum Gasteiger partial charge on any atom is -0.465 e. The maximum atomic E-state index is 12.3. The summed E-state index contributed by atoms with van der Waals surface area (Å²) in [6.45, 7) is 4.37. The average molecular weight is 383 g/mol. The van der Waals surface area contributed by atoms with Crippen molar-refractivity contribution in [3.8, 4) is 11.8 Å². The van der Waals surface area contributed by atoms with Crippen molar-refractivity contribution in [3.63, 3.8) is 0 Å². The summed E-state index contributed by atoms with van der Waals surface area (Å²) in [4.78, 5) is 25.6. The molecular formula is C23H29NO4. The number of carbonyl (C=O) groups excluding carboxylic acids is 2. The predicted molar refractivity (Wildman–Crippen MR) is 109 cm³/mol. The van der Waals surface area contributed by atoms with Crippen LogP contribution in [0.5, 0.6) is 0 Å². The number of hydrogen-bond acceptors (Lipinski definition) is 4. The van der Waals surface area contributed by atoms with Crippen molar-refractivity contribution in [2.24, 2.45) is 5.92 Å². The normalized spacial score (nSPS) is 18.6. The molecule has 28 heavy (non-hydrogen) atoms. The first-order valence-electron chi connectivity index (χ1n) is 9.69. The van der Waals surface area contributed by atoms with E-state index < -0.39 is 6.10 Å². The number of nitrogens with zero attached hydrogens (tertiary/aromatic N) is 1. The van der Waals surface area contributed by atoms with Crippen LogP contribution in [-0.2, 0) is 16.0 Å². The van der Waals surface area contributed by atoms with Gasteiger partial charge in [-0.1, -0.05) is 31.2 Å². The number of amides is 1. The first-order valence-corrected chi connectivity index (χ1v) is 9.69. The Morgan fingerprint density at radius 2 is 2.11 bits per heavy atom. The highest BCUT2D eigenvalue weighted by Crippen LogP contribution is 2.21. The van der Waals surface area contributed by atoms with E-state index in [2.05, 4.69) is 11.8 Å². The predicted octanol–water partition coefficient (Wildman–Crippen LogP) is 2.97. The number of likely N-dealkylation sites (tertiary alicyclic amines) is 1. The zero-order valence-electron chi connectivity index (χ0n) is 16.9. The second-order valence-corrected chi connectivity index (χ2v) is 7.12. The first-order chi connectivity index (χ1) is 13.5. The van der Waals surface area contributed by atoms with Crippen molar-refractivity contribution >= 4 is 11.9 Å². The third-order valence-corrected chi connectivity index (χ3v) is 5.11. The van der Waals surface area contributed by atoms with Crippen LogP contribution in [0.15, 0.2) is 36.4 Å². The van der Waals surface area contributed by atoms with Gasteiger partial charge in [0.05, 0.1) is 24.8 Å². The zero-order valence-corrected chi connectivity index (χ0v) is 16.9. The number of carbonyl (C=O) groups is 2. The van der Waals surface area contributed by atoms with Crippen LogP contribution in [0.3, 0.4) is 0 Å². The molecule has 3 atom stereocenters. The summed E-state index contributed by atoms with van der Waals surface area (Å²) in [5.41, 5.74) is 1.57. The lowest BCUT2D eigenvalue weighted by atomic mass is 10.00. The summed E-state index contributed by atoms with van der Waals surface area (Å²) in [5.74, 6) is 5.67. The molecule has 0 spiro atoms. The Labute approximate surface area is 167 Å². The largest absolute Gasteiger partial charge is 0.465 e. The molecule has 1 amide bonds. The summed E-state index contributed by atoms with van der Waals surface area (Å²) in [5, 5.41) is 10.3. The number of ether oxygens (including phenoxy) is 1. The molecule has 1 aliphatic rings. The van der Waals surface area contributed by atoms with E-state index >= 15 is 0 Å². The minimum atomic E-state index is -0.565. The monoisotopic (exact) mass is 383 g/mol. The molecular weight excluding hydrogens is 354 g/mol. The van der Waals surface area contributed by atoms with Crippen LogP contribution in [0, 0.1) is 17.8 Å². The number of aliphatic hydroxyl groups is 1. The van der Waals surface area contributed by atoms with Gasteiger partial charge in [-0.05, 0) is 43.4 Å². The lowest BCUT2D eigenvalue weighted by Crippen LogP contribution is -2.34. The van der Waals surface area contributed by atoms with Gasteiger partial charge in [0.15, 0.2) is 0 Å². The first kappa shape index (κ1) is 21.7. The molecule has 1 aromatic carbocycles. The second kappa shape index (κ2) is 10.7. The van der Waals surface area contributed by atoms with Crippen LogP contribution in [0.2, 0.25) is 0 Å². The van der Waals surface area contributed by atoms with E-state index in [0.29, 0.717) is 31.4 Å². The summed E-state index contributed by atoms with van der Waals surface area (Å²) < 4.78 is 4.70. The lowest BCUT2D eigenvalue weighted by Gasteiger charge is -2.23. The topological polar surface area (TPSA) is 66.8 Å². The Morgan fingerprint density at radius 1 is 1.39 bits per heavy atom. The van der Waals surface area contributed by atoms with Gasteiger partial charge in [-0.25, -0.2) is 4.79 Å². The minimum absolute atomic E-state index is 0.0148. The number of esters is 1. The highest BCUT2D eigenvalue weighted by molar-refractivity contribution is 5.89. The van der Waals surface area contributed by atoms with Crippen molar-refractivity contribution in [1.82, 2.24) is 4.90 Å². The third kappa shape index (κ3) is 5.97. The number of methoxy groups -OCH3 is 1. The third-order valence-electron chi connectivity index (χ3n) is 5.11. The summed E-state index contributed by atoms with van der Waals surface area (Å²) in [7, 11) is 1.36. The molecule has 150 valence electrons. The summed E-state index contributed by atoms with van der Waals surface area (Å²) >= 11 is 0.